The standard InChI is InChI=1S/C16H10N4S/c1-10-2-5-15-14(6-10)19-16(21)20(15)13-4-3-11(8-17)12(7-13)9-18/h2-7H,1H3,(H,19,21). The lowest BCUT2D eigenvalue weighted by Gasteiger charge is -2.06. The number of aryl methyl sites for hydroxylation is 1. The minimum absolute atomic E-state index is 0.346. The Hall–Kier alpha value is -2.89. The van der Waals surface area contributed by atoms with E-state index in [1.54, 1.807) is 18.2 Å². The highest BCUT2D eigenvalue weighted by atomic mass is 32.1. The van der Waals surface area contributed by atoms with Crippen molar-refractivity contribution in [3.05, 3.63) is 57.9 Å². The predicted octanol–water partition coefficient (Wildman–Crippen LogP) is 3.74. The molecule has 2 aromatic carbocycles. The highest BCUT2D eigenvalue weighted by Crippen LogP contribution is 2.22. The Labute approximate surface area is 126 Å². The highest BCUT2D eigenvalue weighted by Gasteiger charge is 2.09. The van der Waals surface area contributed by atoms with Crippen LogP contribution in [0.3, 0.4) is 0 Å². The summed E-state index contributed by atoms with van der Waals surface area (Å²) in [4.78, 5) is 3.16. The van der Waals surface area contributed by atoms with Crippen LogP contribution in [-0.4, -0.2) is 9.55 Å². The summed E-state index contributed by atoms with van der Waals surface area (Å²) < 4.78 is 2.43. The summed E-state index contributed by atoms with van der Waals surface area (Å²) in [6, 6.07) is 15.2. The molecule has 21 heavy (non-hydrogen) atoms. The van der Waals surface area contributed by atoms with Crippen molar-refractivity contribution >= 4 is 23.3 Å². The van der Waals surface area contributed by atoms with Gasteiger partial charge in [-0.25, -0.2) is 0 Å². The first kappa shape index (κ1) is 13.1. The van der Waals surface area contributed by atoms with Crippen molar-refractivity contribution in [1.82, 2.24) is 9.55 Å². The number of fused-ring (bicyclic) bond motifs is 1. The second kappa shape index (κ2) is 4.90. The zero-order chi connectivity index (χ0) is 15.0. The van der Waals surface area contributed by atoms with E-state index in [-0.39, 0.29) is 0 Å². The molecule has 3 aromatic rings. The summed E-state index contributed by atoms with van der Waals surface area (Å²) in [5, 5.41) is 18.1. The Morgan fingerprint density at radius 2 is 1.81 bits per heavy atom. The summed E-state index contributed by atoms with van der Waals surface area (Å²) in [7, 11) is 0. The molecule has 5 heteroatoms. The monoisotopic (exact) mass is 290 g/mol. The molecule has 0 atom stereocenters. The molecule has 0 aliphatic carbocycles. The van der Waals surface area contributed by atoms with Crippen LogP contribution in [0.5, 0.6) is 0 Å². The van der Waals surface area contributed by atoms with Crippen LogP contribution in [-0.2, 0) is 0 Å². The van der Waals surface area contributed by atoms with E-state index < -0.39 is 0 Å². The molecule has 1 heterocycles. The van der Waals surface area contributed by atoms with Crippen LogP contribution in [0.4, 0.5) is 0 Å². The van der Waals surface area contributed by atoms with Crippen molar-refractivity contribution in [3.8, 4) is 17.8 Å². The Bertz CT molecular complexity index is 996. The van der Waals surface area contributed by atoms with E-state index in [1.165, 1.54) is 0 Å². The summed E-state index contributed by atoms with van der Waals surface area (Å²) in [5.74, 6) is 0. The fourth-order valence-electron chi connectivity index (χ4n) is 2.34. The average Bonchev–Trinajstić information content (AvgIpc) is 2.81. The Morgan fingerprint density at radius 1 is 1.05 bits per heavy atom. The third kappa shape index (κ3) is 2.10. The lowest BCUT2D eigenvalue weighted by Crippen LogP contribution is -1.96. The molecular formula is C16H10N4S. The van der Waals surface area contributed by atoms with Crippen molar-refractivity contribution in [1.29, 1.82) is 10.5 Å². The summed E-state index contributed by atoms with van der Waals surface area (Å²) in [6.45, 7) is 2.02. The van der Waals surface area contributed by atoms with Crippen LogP contribution in [0.15, 0.2) is 36.4 Å². The van der Waals surface area contributed by atoms with E-state index in [2.05, 4.69) is 4.98 Å². The number of benzene rings is 2. The van der Waals surface area contributed by atoms with E-state index in [1.807, 2.05) is 41.8 Å². The lowest BCUT2D eigenvalue weighted by atomic mass is 10.1. The second-order valence-corrected chi connectivity index (χ2v) is 5.13. The Balaban J connectivity index is 2.32. The molecule has 1 aromatic heterocycles. The molecular weight excluding hydrogens is 280 g/mol. The van der Waals surface area contributed by atoms with Gasteiger partial charge in [-0.3, -0.25) is 4.57 Å². The van der Waals surface area contributed by atoms with E-state index in [0.29, 0.717) is 15.9 Å². The largest absolute Gasteiger partial charge is 0.330 e. The number of hydrogen-bond acceptors (Lipinski definition) is 3. The van der Waals surface area contributed by atoms with Crippen molar-refractivity contribution in [2.75, 3.05) is 0 Å². The quantitative estimate of drug-likeness (QED) is 0.694. The van der Waals surface area contributed by atoms with E-state index in [9.17, 15) is 0 Å². The maximum Gasteiger partial charge on any atom is 0.182 e. The predicted molar refractivity (Wildman–Crippen MR) is 82.6 cm³/mol. The molecule has 0 fully saturated rings. The summed E-state index contributed by atoms with van der Waals surface area (Å²) in [5.41, 5.74) is 4.51. The number of rotatable bonds is 1. The number of nitrogens with one attached hydrogen (secondary N) is 1. The van der Waals surface area contributed by atoms with Crippen LogP contribution >= 0.6 is 12.2 Å². The first-order chi connectivity index (χ1) is 10.1. The Morgan fingerprint density at radius 3 is 2.52 bits per heavy atom. The fourth-order valence-corrected chi connectivity index (χ4v) is 2.66. The van der Waals surface area contributed by atoms with Crippen LogP contribution < -0.4 is 0 Å². The number of aromatic nitrogens is 2. The van der Waals surface area contributed by atoms with Gasteiger partial charge >= 0.3 is 0 Å². The van der Waals surface area contributed by atoms with Crippen molar-refractivity contribution in [2.24, 2.45) is 0 Å². The molecule has 3 rings (SSSR count). The van der Waals surface area contributed by atoms with Gasteiger partial charge in [0.1, 0.15) is 12.1 Å². The van der Waals surface area contributed by atoms with Gasteiger partial charge in [0.15, 0.2) is 4.77 Å². The van der Waals surface area contributed by atoms with Crippen LogP contribution in [0.2, 0.25) is 0 Å². The van der Waals surface area contributed by atoms with E-state index >= 15 is 0 Å². The van der Waals surface area contributed by atoms with Gasteiger partial charge in [-0.05, 0) is 55.0 Å². The molecule has 100 valence electrons. The smallest absolute Gasteiger partial charge is 0.182 e. The van der Waals surface area contributed by atoms with Gasteiger partial charge in [0.25, 0.3) is 0 Å². The molecule has 0 spiro atoms. The number of hydrogen-bond donors (Lipinski definition) is 1. The molecule has 4 nitrogen and oxygen atoms in total. The van der Waals surface area contributed by atoms with Crippen molar-refractivity contribution in [2.45, 2.75) is 6.92 Å². The van der Waals surface area contributed by atoms with Gasteiger partial charge in [0, 0.05) is 5.69 Å². The molecule has 1 N–H and O–H groups in total. The zero-order valence-electron chi connectivity index (χ0n) is 11.2. The van der Waals surface area contributed by atoms with Crippen molar-refractivity contribution in [3.63, 3.8) is 0 Å². The van der Waals surface area contributed by atoms with Gasteiger partial charge < -0.3 is 4.98 Å². The second-order valence-electron chi connectivity index (χ2n) is 4.74. The number of nitrogens with zero attached hydrogens (tertiary/aromatic N) is 3. The van der Waals surface area contributed by atoms with Gasteiger partial charge in [0.2, 0.25) is 0 Å². The van der Waals surface area contributed by atoms with Crippen LogP contribution in [0.1, 0.15) is 16.7 Å². The van der Waals surface area contributed by atoms with Gasteiger partial charge in [-0.1, -0.05) is 6.07 Å². The number of aromatic amines is 1. The summed E-state index contributed by atoms with van der Waals surface area (Å²) >= 11 is 5.38. The number of nitriles is 2. The lowest BCUT2D eigenvalue weighted by molar-refractivity contribution is 1.06. The maximum absolute atomic E-state index is 9.15. The van der Waals surface area contributed by atoms with E-state index in [4.69, 9.17) is 22.7 Å². The number of H-pyrrole nitrogens is 1. The molecule has 0 unspecified atom stereocenters. The third-order valence-corrected chi connectivity index (χ3v) is 3.62. The SMILES string of the molecule is Cc1ccc2c(c1)[nH]c(=S)n2-c1ccc(C#N)c(C#N)c1. The minimum Gasteiger partial charge on any atom is -0.330 e. The Kier molecular flexibility index (Phi) is 3.06. The first-order valence-electron chi connectivity index (χ1n) is 6.30. The average molecular weight is 290 g/mol. The maximum atomic E-state index is 9.15. The fraction of sp³-hybridized carbons (Fsp3) is 0.0625. The van der Waals surface area contributed by atoms with Gasteiger partial charge in [-0.2, -0.15) is 10.5 Å². The molecule has 0 saturated heterocycles. The van der Waals surface area contributed by atoms with E-state index in [0.717, 1.165) is 22.3 Å². The normalized spacial score (nSPS) is 10.2. The molecule has 0 amide bonds. The minimum atomic E-state index is 0.346. The van der Waals surface area contributed by atoms with Gasteiger partial charge in [0.05, 0.1) is 22.2 Å². The molecule has 0 radical (unpaired) electrons. The highest BCUT2D eigenvalue weighted by molar-refractivity contribution is 7.71. The molecule has 0 bridgehead atoms. The molecule has 0 saturated carbocycles. The number of imidazole rings is 1. The topological polar surface area (TPSA) is 68.3 Å². The first-order valence-corrected chi connectivity index (χ1v) is 6.71. The van der Waals surface area contributed by atoms with Crippen LogP contribution in [0, 0.1) is 34.4 Å². The third-order valence-electron chi connectivity index (χ3n) is 3.34. The van der Waals surface area contributed by atoms with Gasteiger partial charge in [-0.15, -0.1) is 0 Å². The van der Waals surface area contributed by atoms with Crippen LogP contribution in [0.25, 0.3) is 16.7 Å². The molecule has 0 aliphatic heterocycles. The molecule has 0 aliphatic rings. The van der Waals surface area contributed by atoms with Crippen molar-refractivity contribution < 1.29 is 0 Å². The summed E-state index contributed by atoms with van der Waals surface area (Å²) in [6.07, 6.45) is 0. The zero-order valence-corrected chi connectivity index (χ0v) is 12.0.